The lowest BCUT2D eigenvalue weighted by Gasteiger charge is -2.26. The number of carbonyl (C=O) groups is 1. The molecule has 0 aliphatic carbocycles. The maximum Gasteiger partial charge on any atom is 0.319 e. The Kier molecular flexibility index (Phi) is 7.59. The monoisotopic (exact) mass is 477 g/mol. The van der Waals surface area contributed by atoms with E-state index in [-0.39, 0.29) is 47.6 Å². The Balaban J connectivity index is 1.66. The number of benzene rings is 1. The number of imidazole rings is 1. The number of alkyl halides is 2. The lowest BCUT2D eigenvalue weighted by molar-refractivity contribution is -0.117. The number of hydrogen-bond donors (Lipinski definition) is 1. The van der Waals surface area contributed by atoms with E-state index in [4.69, 9.17) is 16.3 Å². The number of amides is 1. The number of nitrogens with zero attached hydrogens (tertiary/aromatic N) is 4. The number of aromatic nitrogens is 2. The Morgan fingerprint density at radius 1 is 1.35 bits per heavy atom. The number of sulfonamides is 1. The van der Waals surface area contributed by atoms with Crippen LogP contribution < -0.4 is 5.32 Å². The average Bonchev–Trinajstić information content (AvgIpc) is 3.18. The first kappa shape index (κ1) is 23.5. The summed E-state index contributed by atoms with van der Waals surface area (Å²) in [5, 5.41) is 2.65. The summed E-state index contributed by atoms with van der Waals surface area (Å²) in [6.07, 6.45) is 2.43. The molecule has 170 valence electrons. The number of carbonyl (C=O) groups excluding carboxylic acids is 1. The van der Waals surface area contributed by atoms with Gasteiger partial charge in [0.2, 0.25) is 15.9 Å². The molecule has 0 bridgehead atoms. The van der Waals surface area contributed by atoms with Crippen LogP contribution in [0.2, 0.25) is 5.02 Å². The summed E-state index contributed by atoms with van der Waals surface area (Å²) >= 11 is 6.11. The minimum Gasteiger partial charge on any atom is -0.379 e. The highest BCUT2D eigenvalue weighted by Crippen LogP contribution is 2.28. The third-order valence-electron chi connectivity index (χ3n) is 4.59. The maximum atomic E-state index is 12.9. The largest absolute Gasteiger partial charge is 0.379 e. The summed E-state index contributed by atoms with van der Waals surface area (Å²) < 4.78 is 58.8. The first-order chi connectivity index (χ1) is 14.7. The van der Waals surface area contributed by atoms with Gasteiger partial charge in [0.15, 0.2) is 0 Å². The predicted molar refractivity (Wildman–Crippen MR) is 109 cm³/mol. The second-order valence-corrected chi connectivity index (χ2v) is 9.22. The van der Waals surface area contributed by atoms with Crippen LogP contribution in [0.15, 0.2) is 35.5 Å². The molecular weight excluding hydrogens is 456 g/mol. The molecule has 1 N–H and O–H groups in total. The van der Waals surface area contributed by atoms with Crippen LogP contribution >= 0.6 is 11.6 Å². The second-order valence-electron chi connectivity index (χ2n) is 6.91. The molecule has 1 aromatic carbocycles. The van der Waals surface area contributed by atoms with Crippen molar-refractivity contribution >= 4 is 33.2 Å². The lowest BCUT2D eigenvalue weighted by atomic mass is 10.3. The Morgan fingerprint density at radius 2 is 2.06 bits per heavy atom. The van der Waals surface area contributed by atoms with E-state index in [0.29, 0.717) is 13.2 Å². The molecule has 1 fully saturated rings. The Bertz CT molecular complexity index is 1030. The normalized spacial score (nSPS) is 15.5. The summed E-state index contributed by atoms with van der Waals surface area (Å²) in [6, 6.07) is 4.18. The standard InChI is InChI=1S/C18H22ClF2N5O4S/c1-24(11-16-22-4-5-26(16)18(20)21)12-17(27)23-13-2-3-14(19)15(10-13)31(28,29)25-6-8-30-9-7-25/h2-5,10,18H,6-9,11-12H2,1H3,(H,23,27). The van der Waals surface area contributed by atoms with Crippen molar-refractivity contribution in [3.05, 3.63) is 41.4 Å². The Labute approximate surface area is 183 Å². The molecular formula is C18H22ClF2N5O4S. The average molecular weight is 478 g/mol. The zero-order valence-corrected chi connectivity index (χ0v) is 18.2. The molecule has 0 saturated carbocycles. The summed E-state index contributed by atoms with van der Waals surface area (Å²) in [5.41, 5.74) is 0.253. The zero-order valence-electron chi connectivity index (χ0n) is 16.7. The fourth-order valence-electron chi connectivity index (χ4n) is 3.09. The van der Waals surface area contributed by atoms with Gasteiger partial charge in [-0.2, -0.15) is 13.1 Å². The van der Waals surface area contributed by atoms with Crippen LogP contribution in [0.25, 0.3) is 0 Å². The molecule has 2 heterocycles. The number of ether oxygens (including phenoxy) is 1. The second kappa shape index (κ2) is 10.0. The van der Waals surface area contributed by atoms with E-state index in [1.54, 1.807) is 7.05 Å². The predicted octanol–water partition coefficient (Wildman–Crippen LogP) is 2.02. The summed E-state index contributed by atoms with van der Waals surface area (Å²) in [4.78, 5) is 17.7. The summed E-state index contributed by atoms with van der Waals surface area (Å²) in [6.45, 7) is -1.79. The van der Waals surface area contributed by atoms with E-state index in [1.165, 1.54) is 33.6 Å². The van der Waals surface area contributed by atoms with Crippen molar-refractivity contribution in [2.24, 2.45) is 0 Å². The molecule has 1 aliphatic rings. The quantitative estimate of drug-likeness (QED) is 0.625. The van der Waals surface area contributed by atoms with Gasteiger partial charge < -0.3 is 10.1 Å². The van der Waals surface area contributed by atoms with Gasteiger partial charge in [-0.25, -0.2) is 13.4 Å². The maximum absolute atomic E-state index is 12.9. The van der Waals surface area contributed by atoms with Crippen LogP contribution in [0.5, 0.6) is 0 Å². The van der Waals surface area contributed by atoms with Crippen molar-refractivity contribution in [2.75, 3.05) is 45.2 Å². The first-order valence-electron chi connectivity index (χ1n) is 9.34. The van der Waals surface area contributed by atoms with Gasteiger partial charge in [0, 0.05) is 31.2 Å². The zero-order chi connectivity index (χ0) is 22.6. The van der Waals surface area contributed by atoms with Crippen molar-refractivity contribution in [2.45, 2.75) is 18.0 Å². The third-order valence-corrected chi connectivity index (χ3v) is 6.97. The van der Waals surface area contributed by atoms with Gasteiger partial charge in [-0.05, 0) is 25.2 Å². The summed E-state index contributed by atoms with van der Waals surface area (Å²) in [7, 11) is -2.26. The molecule has 1 saturated heterocycles. The topological polar surface area (TPSA) is 96.8 Å². The molecule has 0 atom stereocenters. The van der Waals surface area contributed by atoms with E-state index >= 15 is 0 Å². The van der Waals surface area contributed by atoms with E-state index in [0.717, 1.165) is 10.8 Å². The van der Waals surface area contributed by atoms with Crippen LogP contribution in [0.1, 0.15) is 12.4 Å². The van der Waals surface area contributed by atoms with Crippen LogP contribution in [0.4, 0.5) is 14.5 Å². The van der Waals surface area contributed by atoms with E-state index in [1.807, 2.05) is 0 Å². The fraction of sp³-hybridized carbons (Fsp3) is 0.444. The molecule has 9 nitrogen and oxygen atoms in total. The van der Waals surface area contributed by atoms with Crippen molar-refractivity contribution in [1.82, 2.24) is 18.8 Å². The Morgan fingerprint density at radius 3 is 2.74 bits per heavy atom. The number of nitrogens with one attached hydrogen (secondary N) is 1. The number of rotatable bonds is 8. The summed E-state index contributed by atoms with van der Waals surface area (Å²) in [5.74, 6) is -0.328. The Hall–Kier alpha value is -2.12. The number of halogens is 3. The number of hydrogen-bond acceptors (Lipinski definition) is 6. The van der Waals surface area contributed by atoms with E-state index in [2.05, 4.69) is 10.3 Å². The van der Waals surface area contributed by atoms with E-state index in [9.17, 15) is 22.0 Å². The van der Waals surface area contributed by atoms with Crippen LogP contribution in [-0.2, 0) is 26.1 Å². The molecule has 2 aromatic rings. The van der Waals surface area contributed by atoms with Gasteiger partial charge >= 0.3 is 6.55 Å². The van der Waals surface area contributed by atoms with Crippen molar-refractivity contribution in [1.29, 1.82) is 0 Å². The first-order valence-corrected chi connectivity index (χ1v) is 11.2. The SMILES string of the molecule is CN(CC(=O)Nc1ccc(Cl)c(S(=O)(=O)N2CCOCC2)c1)Cc1nccn1C(F)F. The number of anilines is 1. The van der Waals surface area contributed by atoms with Gasteiger partial charge in [0.1, 0.15) is 10.7 Å². The molecule has 0 radical (unpaired) electrons. The molecule has 31 heavy (non-hydrogen) atoms. The lowest BCUT2D eigenvalue weighted by Crippen LogP contribution is -2.40. The van der Waals surface area contributed by atoms with Gasteiger partial charge in [-0.15, -0.1) is 0 Å². The van der Waals surface area contributed by atoms with Crippen LogP contribution in [0.3, 0.4) is 0 Å². The minimum atomic E-state index is -3.84. The number of morpholine rings is 1. The van der Waals surface area contributed by atoms with Crippen LogP contribution in [-0.4, -0.2) is 73.0 Å². The van der Waals surface area contributed by atoms with E-state index < -0.39 is 22.5 Å². The molecule has 0 spiro atoms. The molecule has 1 aromatic heterocycles. The molecule has 1 aliphatic heterocycles. The van der Waals surface area contributed by atoms with Gasteiger partial charge in [-0.3, -0.25) is 14.3 Å². The fourth-order valence-corrected chi connectivity index (χ4v) is 5.00. The van der Waals surface area contributed by atoms with Gasteiger partial charge in [0.25, 0.3) is 0 Å². The third kappa shape index (κ3) is 5.77. The molecule has 0 unspecified atom stereocenters. The van der Waals surface area contributed by atoms with Crippen molar-refractivity contribution in [3.8, 4) is 0 Å². The minimum absolute atomic E-state index is 0.0298. The highest BCUT2D eigenvalue weighted by molar-refractivity contribution is 7.89. The molecule has 3 rings (SSSR count). The van der Waals surface area contributed by atoms with Crippen LogP contribution in [0, 0.1) is 0 Å². The molecule has 13 heteroatoms. The number of likely N-dealkylation sites (N-methyl/N-ethyl adjacent to an activating group) is 1. The molecule has 1 amide bonds. The smallest absolute Gasteiger partial charge is 0.319 e. The van der Waals surface area contributed by atoms with Gasteiger partial charge in [-0.1, -0.05) is 11.6 Å². The highest BCUT2D eigenvalue weighted by Gasteiger charge is 2.28. The van der Waals surface area contributed by atoms with Crippen molar-refractivity contribution < 1.29 is 26.7 Å². The van der Waals surface area contributed by atoms with Crippen molar-refractivity contribution in [3.63, 3.8) is 0 Å². The van der Waals surface area contributed by atoms with Gasteiger partial charge in [0.05, 0.1) is 31.3 Å². The highest BCUT2D eigenvalue weighted by atomic mass is 35.5.